The third-order valence-electron chi connectivity index (χ3n) is 8.27. The smallest absolute Gasteiger partial charge is 0.461 e. The zero-order chi connectivity index (χ0) is 32.2. The van der Waals surface area contributed by atoms with Crippen LogP contribution in [0.1, 0.15) is 168 Å². The zero-order valence-corrected chi connectivity index (χ0v) is 30.1. The molecule has 0 fully saturated rings. The number of hydrogen-bond acceptors (Lipinski definition) is 6. The molecule has 0 aromatic heterocycles. The minimum atomic E-state index is -1.51. The van der Waals surface area contributed by atoms with Gasteiger partial charge in [-0.3, -0.25) is 9.59 Å². The van der Waals surface area contributed by atoms with Gasteiger partial charge in [-0.1, -0.05) is 142 Å². The van der Waals surface area contributed by atoms with Gasteiger partial charge in [0.2, 0.25) is 0 Å². The number of unbranched alkanes of at least 4 members (excludes halogenated alkanes) is 20. The van der Waals surface area contributed by atoms with E-state index >= 15 is 0 Å². The minimum absolute atomic E-state index is 0.0370. The highest BCUT2D eigenvalue weighted by Crippen LogP contribution is 2.22. The molecule has 0 heterocycles. The molecule has 0 saturated carbocycles. The Morgan fingerprint density at radius 2 is 0.977 bits per heavy atom. The van der Waals surface area contributed by atoms with Crippen molar-refractivity contribution >= 4 is 35.0 Å². The van der Waals surface area contributed by atoms with Crippen LogP contribution in [0, 0.1) is 0 Å². The van der Waals surface area contributed by atoms with Gasteiger partial charge in [-0.05, 0) is 28.8 Å². The summed E-state index contributed by atoms with van der Waals surface area (Å²) in [5.41, 5.74) is 0. The van der Waals surface area contributed by atoms with E-state index in [0.717, 1.165) is 38.5 Å². The molecule has 0 aromatic carbocycles. The van der Waals surface area contributed by atoms with Crippen molar-refractivity contribution in [2.75, 3.05) is 27.1 Å². The Hall–Kier alpha value is -0.635. The SMILES string of the molecule is CCCCCCCCCCCCCC(=O)OCC(OC(=O)CCCCCCCCCCCCC)C(Br)[N+](C)(C)CB(O)O. The molecule has 0 saturated heterocycles. The number of rotatable bonds is 31. The largest absolute Gasteiger partial charge is 0.511 e. The van der Waals surface area contributed by atoms with Crippen molar-refractivity contribution in [3.63, 3.8) is 0 Å². The average molecular weight is 678 g/mol. The second-order valence-corrected chi connectivity index (χ2v) is 14.0. The van der Waals surface area contributed by atoms with Crippen LogP contribution in [-0.4, -0.2) is 71.8 Å². The first kappa shape index (κ1) is 42.4. The first-order chi connectivity index (χ1) is 20.6. The number of alkyl halides is 1. The van der Waals surface area contributed by atoms with Gasteiger partial charge in [0.25, 0.3) is 0 Å². The molecule has 7 nitrogen and oxygen atoms in total. The van der Waals surface area contributed by atoms with Gasteiger partial charge in [0.1, 0.15) is 13.1 Å². The fraction of sp³-hybridized carbons (Fsp3) is 0.941. The standard InChI is InChI=1S/C34H68BBrNO6/c1-5-7-9-11-13-15-17-19-21-23-25-27-32(38)42-29-31(34(36)37(3,4)30-35(40)41)43-33(39)28-26-24-22-20-18-16-14-12-10-8-6-2/h31,34,40-41H,5-30H2,1-4H3/q+1. The first-order valence-corrected chi connectivity index (χ1v) is 18.7. The van der Waals surface area contributed by atoms with Gasteiger partial charge in [0, 0.05) is 12.8 Å². The van der Waals surface area contributed by atoms with Crippen LogP contribution in [-0.2, 0) is 19.1 Å². The molecule has 0 spiro atoms. The number of likely N-dealkylation sites (N-methyl/N-ethyl adjacent to an activating group) is 1. The van der Waals surface area contributed by atoms with Gasteiger partial charge < -0.3 is 24.0 Å². The molecule has 43 heavy (non-hydrogen) atoms. The molecular formula is C34H68BBrNO6+. The number of quaternary nitrogens is 1. The highest BCUT2D eigenvalue weighted by atomic mass is 79.9. The maximum atomic E-state index is 12.7. The minimum Gasteiger partial charge on any atom is -0.461 e. The normalized spacial score (nSPS) is 13.1. The predicted molar refractivity (Wildman–Crippen MR) is 183 cm³/mol. The van der Waals surface area contributed by atoms with Crippen molar-refractivity contribution in [3.8, 4) is 0 Å². The lowest BCUT2D eigenvalue weighted by molar-refractivity contribution is -0.893. The van der Waals surface area contributed by atoms with E-state index in [0.29, 0.717) is 12.8 Å². The van der Waals surface area contributed by atoms with Gasteiger partial charge in [0.05, 0.1) is 14.1 Å². The summed E-state index contributed by atoms with van der Waals surface area (Å²) in [6.07, 6.45) is 26.7. The fourth-order valence-corrected chi connectivity index (χ4v) is 5.91. The fourth-order valence-electron chi connectivity index (χ4n) is 5.48. The molecule has 0 amide bonds. The Bertz CT molecular complexity index is 667. The molecule has 2 atom stereocenters. The van der Waals surface area contributed by atoms with Crippen LogP contribution in [0.5, 0.6) is 0 Å². The molecule has 0 aliphatic carbocycles. The zero-order valence-electron chi connectivity index (χ0n) is 28.5. The summed E-state index contributed by atoms with van der Waals surface area (Å²) in [5.74, 6) is -0.592. The first-order valence-electron chi connectivity index (χ1n) is 17.8. The number of hydrogen-bond donors (Lipinski definition) is 2. The van der Waals surface area contributed by atoms with E-state index in [2.05, 4.69) is 29.8 Å². The van der Waals surface area contributed by atoms with Gasteiger partial charge in [-0.25, -0.2) is 0 Å². The molecule has 254 valence electrons. The maximum absolute atomic E-state index is 12.7. The topological polar surface area (TPSA) is 93.1 Å². The monoisotopic (exact) mass is 676 g/mol. The quantitative estimate of drug-likeness (QED) is 0.0191. The van der Waals surface area contributed by atoms with Crippen LogP contribution in [0.2, 0.25) is 0 Å². The highest BCUT2D eigenvalue weighted by Gasteiger charge is 2.39. The van der Waals surface area contributed by atoms with Crippen LogP contribution >= 0.6 is 15.9 Å². The van der Waals surface area contributed by atoms with Crippen molar-refractivity contribution < 1.29 is 33.6 Å². The number of carbonyl (C=O) groups is 2. The summed E-state index contributed by atoms with van der Waals surface area (Å²) >= 11 is 3.60. The number of halogens is 1. The maximum Gasteiger partial charge on any atom is 0.511 e. The molecule has 0 bridgehead atoms. The molecule has 0 aliphatic rings. The Labute approximate surface area is 274 Å². The van der Waals surface area contributed by atoms with Crippen molar-refractivity contribution in [1.29, 1.82) is 0 Å². The molecule has 9 heteroatoms. The van der Waals surface area contributed by atoms with Gasteiger partial charge in [0.15, 0.2) is 11.1 Å². The summed E-state index contributed by atoms with van der Waals surface area (Å²) in [4.78, 5) is 24.7. The average Bonchev–Trinajstić information content (AvgIpc) is 2.95. The summed E-state index contributed by atoms with van der Waals surface area (Å²) in [5, 5.41) is 19.1. The third-order valence-corrected chi connectivity index (χ3v) is 9.97. The second kappa shape index (κ2) is 28.8. The van der Waals surface area contributed by atoms with Gasteiger partial charge in [-0.15, -0.1) is 0 Å². The lowest BCUT2D eigenvalue weighted by atomic mass is 9.90. The summed E-state index contributed by atoms with van der Waals surface area (Å²) in [6, 6.07) is 0. The Kier molecular flexibility index (Phi) is 28.4. The summed E-state index contributed by atoms with van der Waals surface area (Å²) in [7, 11) is 2.12. The number of carbonyl (C=O) groups excluding carboxylic acids is 2. The number of ether oxygens (including phenoxy) is 2. The van der Waals surface area contributed by atoms with Crippen LogP contribution in [0.4, 0.5) is 0 Å². The Morgan fingerprint density at radius 3 is 1.35 bits per heavy atom. The summed E-state index contributed by atoms with van der Waals surface area (Å²) < 4.78 is 11.5. The van der Waals surface area contributed by atoms with Crippen LogP contribution < -0.4 is 0 Å². The second-order valence-electron chi connectivity index (χ2n) is 13.1. The van der Waals surface area contributed by atoms with Gasteiger partial charge >= 0.3 is 19.1 Å². The van der Waals surface area contributed by atoms with E-state index in [-0.39, 0.29) is 29.5 Å². The van der Waals surface area contributed by atoms with Crippen LogP contribution in [0.25, 0.3) is 0 Å². The van der Waals surface area contributed by atoms with Crippen LogP contribution in [0.3, 0.4) is 0 Å². The van der Waals surface area contributed by atoms with Crippen molar-refractivity contribution in [2.45, 2.75) is 179 Å². The molecule has 0 aromatic rings. The van der Waals surface area contributed by atoms with Gasteiger partial charge in [-0.2, -0.15) is 0 Å². The van der Waals surface area contributed by atoms with Crippen molar-refractivity contribution in [1.82, 2.24) is 0 Å². The number of nitrogens with zero attached hydrogens (tertiary/aromatic N) is 1. The lowest BCUT2D eigenvalue weighted by Gasteiger charge is -2.37. The van der Waals surface area contributed by atoms with E-state index in [1.807, 2.05) is 14.1 Å². The molecule has 0 rings (SSSR count). The molecule has 2 unspecified atom stereocenters. The Morgan fingerprint density at radius 1 is 0.628 bits per heavy atom. The lowest BCUT2D eigenvalue weighted by Crippen LogP contribution is -2.57. The van der Waals surface area contributed by atoms with Crippen molar-refractivity contribution in [3.05, 3.63) is 0 Å². The Balaban J connectivity index is 4.39. The number of esters is 2. The van der Waals surface area contributed by atoms with E-state index in [4.69, 9.17) is 9.47 Å². The van der Waals surface area contributed by atoms with E-state index < -0.39 is 18.2 Å². The van der Waals surface area contributed by atoms with E-state index in [9.17, 15) is 19.6 Å². The summed E-state index contributed by atoms with van der Waals surface area (Å²) in [6.45, 7) is 4.43. The molecule has 0 radical (unpaired) electrons. The van der Waals surface area contributed by atoms with E-state index in [1.165, 1.54) is 103 Å². The molecule has 2 N–H and O–H groups in total. The third kappa shape index (κ3) is 26.3. The van der Waals surface area contributed by atoms with E-state index in [1.54, 1.807) is 0 Å². The van der Waals surface area contributed by atoms with Crippen LogP contribution in [0.15, 0.2) is 0 Å². The molecular weight excluding hydrogens is 609 g/mol. The molecule has 0 aliphatic heterocycles. The van der Waals surface area contributed by atoms with Crippen molar-refractivity contribution in [2.24, 2.45) is 0 Å². The highest BCUT2D eigenvalue weighted by molar-refractivity contribution is 9.09. The predicted octanol–water partition coefficient (Wildman–Crippen LogP) is 8.65.